The zero-order valence-corrected chi connectivity index (χ0v) is 12.7. The molecule has 1 N–H and O–H groups in total. The molecule has 0 saturated heterocycles. The fourth-order valence-electron chi connectivity index (χ4n) is 1.33. The van der Waals surface area contributed by atoms with Gasteiger partial charge in [-0.3, -0.25) is 0 Å². The van der Waals surface area contributed by atoms with Gasteiger partial charge in [0.2, 0.25) is 0 Å². The monoisotopic (exact) mass is 335 g/mol. The highest BCUT2D eigenvalue weighted by atomic mass is 19.4. The molecule has 1 amide bonds. The Labute approximate surface area is 130 Å². The summed E-state index contributed by atoms with van der Waals surface area (Å²) in [5, 5.41) is 0. The van der Waals surface area contributed by atoms with Crippen LogP contribution in [0, 0.1) is 0 Å². The molecule has 0 aliphatic carbocycles. The van der Waals surface area contributed by atoms with Gasteiger partial charge in [0.1, 0.15) is 11.4 Å². The van der Waals surface area contributed by atoms with Gasteiger partial charge in [0.05, 0.1) is 5.56 Å². The van der Waals surface area contributed by atoms with Crippen molar-refractivity contribution in [3.63, 3.8) is 0 Å². The summed E-state index contributed by atoms with van der Waals surface area (Å²) in [6.45, 7) is 4.17. The summed E-state index contributed by atoms with van der Waals surface area (Å²) in [5.74, 6) is -1.16. The van der Waals surface area contributed by atoms with Crippen LogP contribution in [0.5, 0.6) is 5.75 Å². The average Bonchev–Trinajstić information content (AvgIpc) is 2.40. The molecule has 0 radical (unpaired) electrons. The molecule has 0 heterocycles. The van der Waals surface area contributed by atoms with Crippen molar-refractivity contribution >= 4 is 12.1 Å². The first kappa shape index (κ1) is 18.6. The number of carbonyl (C=O) groups excluding carboxylic acids is 2. The molecule has 0 aromatic heterocycles. The molecule has 0 aliphatic heterocycles. The van der Waals surface area contributed by atoms with Crippen LogP contribution in [0.25, 0.3) is 0 Å². The molecule has 9 heteroatoms. The van der Waals surface area contributed by atoms with Gasteiger partial charge in [-0.1, -0.05) is 6.07 Å². The van der Waals surface area contributed by atoms with Crippen LogP contribution in [-0.2, 0) is 20.5 Å². The van der Waals surface area contributed by atoms with E-state index in [1.807, 2.05) is 0 Å². The van der Waals surface area contributed by atoms with E-state index in [0.29, 0.717) is 0 Å². The quantitative estimate of drug-likeness (QED) is 0.860. The van der Waals surface area contributed by atoms with E-state index in [9.17, 15) is 22.8 Å². The van der Waals surface area contributed by atoms with Crippen molar-refractivity contribution < 1.29 is 37.1 Å². The fraction of sp³-hybridized carbons (Fsp3) is 0.429. The molecular weight excluding hydrogens is 319 g/mol. The lowest BCUT2D eigenvalue weighted by molar-refractivity contribution is -0.152. The van der Waals surface area contributed by atoms with Gasteiger partial charge < -0.3 is 14.3 Å². The number of benzene rings is 1. The molecule has 1 rings (SSSR count). The Morgan fingerprint density at radius 3 is 2.39 bits per heavy atom. The van der Waals surface area contributed by atoms with Crippen LogP contribution in [-0.4, -0.2) is 24.3 Å². The zero-order valence-electron chi connectivity index (χ0n) is 12.7. The second-order valence-corrected chi connectivity index (χ2v) is 5.39. The van der Waals surface area contributed by atoms with Gasteiger partial charge in [-0.15, -0.1) is 5.48 Å². The maximum Gasteiger partial charge on any atom is 0.441 e. The van der Waals surface area contributed by atoms with E-state index in [2.05, 4.69) is 4.84 Å². The van der Waals surface area contributed by atoms with E-state index in [0.717, 1.165) is 18.2 Å². The molecule has 0 atom stereocenters. The number of hydrogen-bond donors (Lipinski definition) is 1. The third-order valence-corrected chi connectivity index (χ3v) is 2.17. The molecule has 0 saturated carbocycles. The lowest BCUT2D eigenvalue weighted by Crippen LogP contribution is -2.35. The van der Waals surface area contributed by atoms with Crippen LogP contribution in [0.15, 0.2) is 24.3 Å². The van der Waals surface area contributed by atoms with Gasteiger partial charge in [-0.05, 0) is 39.0 Å². The number of hydroxylamine groups is 1. The number of amides is 1. The SMILES string of the molecule is CC(C)(C)OC(=O)NOC(=O)COc1cccc(C(F)(F)F)c1. The summed E-state index contributed by atoms with van der Waals surface area (Å²) >= 11 is 0. The number of ether oxygens (including phenoxy) is 2. The molecule has 128 valence electrons. The molecule has 0 aliphatic rings. The second kappa shape index (κ2) is 7.21. The molecule has 23 heavy (non-hydrogen) atoms. The highest BCUT2D eigenvalue weighted by Crippen LogP contribution is 2.31. The second-order valence-electron chi connectivity index (χ2n) is 5.39. The van der Waals surface area contributed by atoms with Crippen LogP contribution < -0.4 is 10.2 Å². The smallest absolute Gasteiger partial charge is 0.441 e. The lowest BCUT2D eigenvalue weighted by atomic mass is 10.2. The first-order valence-electron chi connectivity index (χ1n) is 6.46. The van der Waals surface area contributed by atoms with Crippen LogP contribution in [0.3, 0.4) is 0 Å². The van der Waals surface area contributed by atoms with Gasteiger partial charge in [-0.2, -0.15) is 13.2 Å². The van der Waals surface area contributed by atoms with Gasteiger partial charge in [0, 0.05) is 0 Å². The maximum absolute atomic E-state index is 12.5. The topological polar surface area (TPSA) is 73.9 Å². The van der Waals surface area contributed by atoms with Gasteiger partial charge in [0.15, 0.2) is 6.61 Å². The van der Waals surface area contributed by atoms with Crippen molar-refractivity contribution in [3.8, 4) is 5.75 Å². The van der Waals surface area contributed by atoms with Crippen LogP contribution in [0.1, 0.15) is 26.3 Å². The highest BCUT2D eigenvalue weighted by Gasteiger charge is 2.30. The largest absolute Gasteiger partial charge is 0.482 e. The summed E-state index contributed by atoms with van der Waals surface area (Å²) in [6, 6.07) is 4.01. The minimum absolute atomic E-state index is 0.158. The average molecular weight is 335 g/mol. The maximum atomic E-state index is 12.5. The Morgan fingerprint density at radius 2 is 1.83 bits per heavy atom. The molecule has 1 aromatic carbocycles. The summed E-state index contributed by atoms with van der Waals surface area (Å²) in [4.78, 5) is 26.9. The lowest BCUT2D eigenvalue weighted by Gasteiger charge is -2.19. The van der Waals surface area contributed by atoms with E-state index < -0.39 is 36.0 Å². The standard InChI is InChI=1S/C14H16F3NO5/c1-13(2,3)22-12(20)18-23-11(19)8-21-10-6-4-5-9(7-10)14(15,16)17/h4-7H,8H2,1-3H3,(H,18,20). The molecule has 0 fully saturated rings. The van der Waals surface area contributed by atoms with Crippen LogP contribution in [0.2, 0.25) is 0 Å². The highest BCUT2D eigenvalue weighted by molar-refractivity contribution is 5.74. The minimum atomic E-state index is -4.52. The van der Waals surface area contributed by atoms with Gasteiger partial charge in [-0.25, -0.2) is 9.59 Å². The summed E-state index contributed by atoms with van der Waals surface area (Å²) in [6.07, 6.45) is -5.50. The van der Waals surface area contributed by atoms with Crippen molar-refractivity contribution in [1.29, 1.82) is 0 Å². The van der Waals surface area contributed by atoms with Crippen molar-refractivity contribution in [2.24, 2.45) is 0 Å². The number of hydrogen-bond acceptors (Lipinski definition) is 5. The van der Waals surface area contributed by atoms with Gasteiger partial charge in [0.25, 0.3) is 0 Å². The fourth-order valence-corrected chi connectivity index (χ4v) is 1.33. The Balaban J connectivity index is 2.44. The third kappa shape index (κ3) is 7.39. The molecule has 0 unspecified atom stereocenters. The van der Waals surface area contributed by atoms with Crippen molar-refractivity contribution in [3.05, 3.63) is 29.8 Å². The Kier molecular flexibility index (Phi) is 5.83. The van der Waals surface area contributed by atoms with E-state index in [1.165, 1.54) is 6.07 Å². The Bertz CT molecular complexity index is 566. The summed E-state index contributed by atoms with van der Waals surface area (Å²) < 4.78 is 47.2. The molecule has 0 spiro atoms. The van der Waals surface area contributed by atoms with E-state index >= 15 is 0 Å². The predicted molar refractivity (Wildman–Crippen MR) is 72.4 cm³/mol. The predicted octanol–water partition coefficient (Wildman–Crippen LogP) is 3.07. The Hall–Kier alpha value is -2.45. The van der Waals surface area contributed by atoms with E-state index in [1.54, 1.807) is 26.3 Å². The molecule has 0 bridgehead atoms. The molecule has 6 nitrogen and oxygen atoms in total. The van der Waals surface area contributed by atoms with Crippen molar-refractivity contribution in [2.75, 3.05) is 6.61 Å². The van der Waals surface area contributed by atoms with Crippen molar-refractivity contribution in [1.82, 2.24) is 5.48 Å². The summed E-state index contributed by atoms with van der Waals surface area (Å²) in [5.41, 5.74) is 0.0602. The van der Waals surface area contributed by atoms with Crippen LogP contribution in [0.4, 0.5) is 18.0 Å². The zero-order chi connectivity index (χ0) is 17.7. The normalized spacial score (nSPS) is 11.6. The number of carbonyl (C=O) groups is 2. The first-order valence-corrected chi connectivity index (χ1v) is 6.46. The number of nitrogens with one attached hydrogen (secondary N) is 1. The first-order chi connectivity index (χ1) is 10.5. The number of alkyl halides is 3. The number of halogens is 3. The molecular formula is C14H16F3NO5. The van der Waals surface area contributed by atoms with Gasteiger partial charge >= 0.3 is 18.2 Å². The van der Waals surface area contributed by atoms with E-state index in [4.69, 9.17) is 9.47 Å². The van der Waals surface area contributed by atoms with Crippen molar-refractivity contribution in [2.45, 2.75) is 32.5 Å². The number of rotatable bonds is 3. The molecule has 1 aromatic rings. The minimum Gasteiger partial charge on any atom is -0.482 e. The third-order valence-electron chi connectivity index (χ3n) is 2.17. The Morgan fingerprint density at radius 1 is 1.17 bits per heavy atom. The van der Waals surface area contributed by atoms with E-state index in [-0.39, 0.29) is 5.75 Å². The van der Waals surface area contributed by atoms with Crippen LogP contribution >= 0.6 is 0 Å². The summed E-state index contributed by atoms with van der Waals surface area (Å²) in [7, 11) is 0.